The Balaban J connectivity index is 2.10. The van der Waals surface area contributed by atoms with Crippen LogP contribution in [0.2, 0.25) is 0 Å². The molecular weight excluding hydrogens is 308 g/mol. The molecule has 0 spiro atoms. The monoisotopic (exact) mass is 330 g/mol. The average molecular weight is 330 g/mol. The Kier molecular flexibility index (Phi) is 4.68. The fourth-order valence-corrected chi connectivity index (χ4v) is 4.36. The van der Waals surface area contributed by atoms with Gasteiger partial charge in [0.2, 0.25) is 0 Å². The molecule has 1 N–H and O–H groups in total. The summed E-state index contributed by atoms with van der Waals surface area (Å²) in [6.07, 6.45) is 0. The number of ether oxygens (including phenoxy) is 1. The van der Waals surface area contributed by atoms with Gasteiger partial charge in [0, 0.05) is 12.6 Å². The van der Waals surface area contributed by atoms with E-state index in [9.17, 15) is 4.21 Å². The number of rotatable bonds is 5. The summed E-state index contributed by atoms with van der Waals surface area (Å²) in [4.78, 5) is 3.99. The molecular formula is C18H22N2O2S. The SMILES string of the molecule is CNC[C@@H](C)CN1c2ccccc2S(=O)c2ccc(OC)cc21. The Morgan fingerprint density at radius 1 is 1.17 bits per heavy atom. The number of nitrogens with zero attached hydrogens (tertiary/aromatic N) is 1. The summed E-state index contributed by atoms with van der Waals surface area (Å²) < 4.78 is 18.3. The van der Waals surface area contributed by atoms with Gasteiger partial charge in [0.1, 0.15) is 5.75 Å². The summed E-state index contributed by atoms with van der Waals surface area (Å²) in [5.41, 5.74) is 2.00. The van der Waals surface area contributed by atoms with Crippen molar-refractivity contribution < 1.29 is 8.95 Å². The van der Waals surface area contributed by atoms with Gasteiger partial charge in [0.05, 0.1) is 39.1 Å². The van der Waals surface area contributed by atoms with Crippen molar-refractivity contribution in [1.82, 2.24) is 5.32 Å². The second-order valence-corrected chi connectivity index (χ2v) is 7.26. The summed E-state index contributed by atoms with van der Waals surface area (Å²) in [5.74, 6) is 1.24. The first kappa shape index (κ1) is 16.0. The van der Waals surface area contributed by atoms with Crippen molar-refractivity contribution in [2.75, 3.05) is 32.1 Å². The van der Waals surface area contributed by atoms with E-state index in [1.54, 1.807) is 7.11 Å². The maximum Gasteiger partial charge on any atom is 0.121 e. The number of para-hydroxylation sites is 1. The van der Waals surface area contributed by atoms with Gasteiger partial charge in [-0.3, -0.25) is 0 Å². The molecule has 0 fully saturated rings. The number of anilines is 2. The van der Waals surface area contributed by atoms with Gasteiger partial charge < -0.3 is 15.0 Å². The molecule has 23 heavy (non-hydrogen) atoms. The number of fused-ring (bicyclic) bond motifs is 2. The van der Waals surface area contributed by atoms with Crippen molar-refractivity contribution >= 4 is 22.2 Å². The van der Waals surface area contributed by atoms with E-state index in [2.05, 4.69) is 17.1 Å². The van der Waals surface area contributed by atoms with E-state index >= 15 is 0 Å². The Morgan fingerprint density at radius 3 is 2.65 bits per heavy atom. The quantitative estimate of drug-likeness (QED) is 0.914. The number of hydrogen-bond acceptors (Lipinski definition) is 4. The van der Waals surface area contributed by atoms with Crippen LogP contribution in [-0.4, -0.2) is 31.5 Å². The number of hydrogen-bond donors (Lipinski definition) is 1. The van der Waals surface area contributed by atoms with E-state index in [1.807, 2.05) is 49.5 Å². The van der Waals surface area contributed by atoms with E-state index in [0.717, 1.165) is 40.0 Å². The smallest absolute Gasteiger partial charge is 0.121 e. The van der Waals surface area contributed by atoms with Crippen LogP contribution in [0, 0.1) is 5.92 Å². The summed E-state index contributed by atoms with van der Waals surface area (Å²) in [6, 6.07) is 13.7. The largest absolute Gasteiger partial charge is 0.497 e. The molecule has 2 atom stereocenters. The Bertz CT molecular complexity index is 733. The third kappa shape index (κ3) is 2.99. The summed E-state index contributed by atoms with van der Waals surface area (Å²) in [7, 11) is 2.47. The molecule has 0 saturated heterocycles. The van der Waals surface area contributed by atoms with Crippen molar-refractivity contribution in [1.29, 1.82) is 0 Å². The van der Waals surface area contributed by atoms with Crippen LogP contribution in [0.3, 0.4) is 0 Å². The lowest BCUT2D eigenvalue weighted by Crippen LogP contribution is -2.32. The maximum absolute atomic E-state index is 12.9. The van der Waals surface area contributed by atoms with Gasteiger partial charge in [-0.2, -0.15) is 0 Å². The van der Waals surface area contributed by atoms with Crippen LogP contribution in [0.25, 0.3) is 0 Å². The Labute approximate surface area is 139 Å². The first-order chi connectivity index (χ1) is 11.2. The van der Waals surface area contributed by atoms with Crippen LogP contribution >= 0.6 is 0 Å². The zero-order valence-electron chi connectivity index (χ0n) is 13.7. The van der Waals surface area contributed by atoms with Crippen LogP contribution in [-0.2, 0) is 10.8 Å². The first-order valence-electron chi connectivity index (χ1n) is 7.76. The van der Waals surface area contributed by atoms with Crippen LogP contribution in [0.5, 0.6) is 5.75 Å². The number of methoxy groups -OCH3 is 1. The fraction of sp³-hybridized carbons (Fsp3) is 0.333. The predicted molar refractivity (Wildman–Crippen MR) is 94.2 cm³/mol. The van der Waals surface area contributed by atoms with Crippen LogP contribution < -0.4 is 15.0 Å². The summed E-state index contributed by atoms with van der Waals surface area (Å²) >= 11 is 0. The van der Waals surface area contributed by atoms with E-state index in [1.165, 1.54) is 0 Å². The van der Waals surface area contributed by atoms with Crippen LogP contribution in [0.1, 0.15) is 6.92 Å². The molecule has 0 radical (unpaired) electrons. The molecule has 1 unspecified atom stereocenters. The van der Waals surface area contributed by atoms with Gasteiger partial charge >= 0.3 is 0 Å². The van der Waals surface area contributed by atoms with Crippen LogP contribution in [0.15, 0.2) is 52.3 Å². The molecule has 1 aliphatic rings. The second-order valence-electron chi connectivity index (χ2n) is 5.84. The zero-order chi connectivity index (χ0) is 16.4. The van der Waals surface area contributed by atoms with Crippen molar-refractivity contribution in [3.05, 3.63) is 42.5 Å². The highest BCUT2D eigenvalue weighted by molar-refractivity contribution is 7.85. The molecule has 0 aliphatic carbocycles. The van der Waals surface area contributed by atoms with Crippen molar-refractivity contribution in [2.24, 2.45) is 5.92 Å². The zero-order valence-corrected chi connectivity index (χ0v) is 14.5. The molecule has 4 nitrogen and oxygen atoms in total. The lowest BCUT2D eigenvalue weighted by atomic mass is 10.1. The molecule has 2 aromatic carbocycles. The lowest BCUT2D eigenvalue weighted by molar-refractivity contribution is 0.414. The molecule has 0 aromatic heterocycles. The standard InChI is InChI=1S/C18H22N2O2S/c1-13(11-19-2)12-20-15-6-4-5-7-17(15)23(21)18-9-8-14(22-3)10-16(18)20/h4-10,13,19H,11-12H2,1-3H3/t13-,23?/m1/s1. The van der Waals surface area contributed by atoms with Gasteiger partial charge in [-0.15, -0.1) is 0 Å². The van der Waals surface area contributed by atoms with Crippen molar-refractivity contribution in [3.8, 4) is 5.75 Å². The highest BCUT2D eigenvalue weighted by atomic mass is 32.2. The predicted octanol–water partition coefficient (Wildman–Crippen LogP) is 3.17. The fourth-order valence-electron chi connectivity index (χ4n) is 3.00. The minimum atomic E-state index is -1.15. The van der Waals surface area contributed by atoms with Crippen molar-refractivity contribution in [3.63, 3.8) is 0 Å². The van der Waals surface area contributed by atoms with Gasteiger partial charge in [0.15, 0.2) is 0 Å². The Morgan fingerprint density at radius 2 is 1.91 bits per heavy atom. The van der Waals surface area contributed by atoms with E-state index in [-0.39, 0.29) is 0 Å². The van der Waals surface area contributed by atoms with E-state index in [4.69, 9.17) is 4.74 Å². The molecule has 0 bridgehead atoms. The van der Waals surface area contributed by atoms with E-state index in [0.29, 0.717) is 5.92 Å². The topological polar surface area (TPSA) is 41.6 Å². The maximum atomic E-state index is 12.9. The minimum Gasteiger partial charge on any atom is -0.497 e. The highest BCUT2D eigenvalue weighted by Crippen LogP contribution is 2.43. The molecule has 0 amide bonds. The summed E-state index contributed by atoms with van der Waals surface area (Å²) in [5, 5.41) is 3.22. The van der Waals surface area contributed by atoms with Gasteiger partial charge in [-0.05, 0) is 43.8 Å². The minimum absolute atomic E-state index is 0.457. The average Bonchev–Trinajstić information content (AvgIpc) is 2.58. The van der Waals surface area contributed by atoms with Crippen molar-refractivity contribution in [2.45, 2.75) is 16.7 Å². The molecule has 2 aromatic rings. The summed E-state index contributed by atoms with van der Waals surface area (Å²) in [6.45, 7) is 4.00. The number of nitrogens with one attached hydrogen (secondary N) is 1. The van der Waals surface area contributed by atoms with Crippen LogP contribution in [0.4, 0.5) is 11.4 Å². The Hall–Kier alpha value is -1.85. The molecule has 3 rings (SSSR count). The van der Waals surface area contributed by atoms with Gasteiger partial charge in [-0.1, -0.05) is 19.1 Å². The molecule has 1 aliphatic heterocycles. The third-order valence-electron chi connectivity index (χ3n) is 4.06. The van der Waals surface area contributed by atoms with Gasteiger partial charge in [-0.25, -0.2) is 4.21 Å². The molecule has 122 valence electrons. The van der Waals surface area contributed by atoms with E-state index < -0.39 is 10.8 Å². The lowest BCUT2D eigenvalue weighted by Gasteiger charge is -2.34. The number of benzene rings is 2. The van der Waals surface area contributed by atoms with Gasteiger partial charge in [0.25, 0.3) is 0 Å². The molecule has 1 heterocycles. The first-order valence-corrected chi connectivity index (χ1v) is 8.91. The third-order valence-corrected chi connectivity index (χ3v) is 5.55. The second kappa shape index (κ2) is 6.72. The molecule has 0 saturated carbocycles. The normalized spacial score (nSPS) is 17.3. The molecule has 5 heteroatoms. The highest BCUT2D eigenvalue weighted by Gasteiger charge is 2.29.